The fraction of sp³-hybridized carbons (Fsp3) is 0.346. The Morgan fingerprint density at radius 2 is 1.79 bits per heavy atom. The highest BCUT2D eigenvalue weighted by Gasteiger charge is 2.28. The van der Waals surface area contributed by atoms with Crippen LogP contribution in [0, 0.1) is 13.8 Å². The monoisotopic (exact) mass is 444 g/mol. The van der Waals surface area contributed by atoms with E-state index in [1.165, 1.54) is 0 Å². The van der Waals surface area contributed by atoms with Crippen LogP contribution in [0.4, 0.5) is 0 Å². The molecule has 7 heteroatoms. The fourth-order valence-corrected chi connectivity index (χ4v) is 4.66. The zero-order valence-corrected chi connectivity index (χ0v) is 19.0. The first-order valence-electron chi connectivity index (χ1n) is 11.4. The SMILES string of the molecule is Cc1noc(C)c1CC(=O)N1CCC(n2c(COc3ccccc3)nc3ccccc32)CC1. The third-order valence-corrected chi connectivity index (χ3v) is 6.47. The Morgan fingerprint density at radius 1 is 1.06 bits per heavy atom. The first-order chi connectivity index (χ1) is 16.1. The van der Waals surface area contributed by atoms with Crippen molar-refractivity contribution in [1.82, 2.24) is 19.6 Å². The molecule has 1 amide bonds. The number of likely N-dealkylation sites (tertiary alicyclic amines) is 1. The summed E-state index contributed by atoms with van der Waals surface area (Å²) in [5, 5.41) is 3.97. The lowest BCUT2D eigenvalue weighted by atomic mass is 10.0. The second-order valence-electron chi connectivity index (χ2n) is 8.58. The van der Waals surface area contributed by atoms with Crippen LogP contribution in [0.3, 0.4) is 0 Å². The van der Waals surface area contributed by atoms with E-state index in [9.17, 15) is 4.79 Å². The van der Waals surface area contributed by atoms with Gasteiger partial charge in [0.05, 0.1) is 23.1 Å². The van der Waals surface area contributed by atoms with Gasteiger partial charge >= 0.3 is 0 Å². The lowest BCUT2D eigenvalue weighted by molar-refractivity contribution is -0.131. The Labute approximate surface area is 193 Å². The molecule has 0 N–H and O–H groups in total. The molecule has 3 heterocycles. The van der Waals surface area contributed by atoms with Gasteiger partial charge in [-0.1, -0.05) is 35.5 Å². The zero-order chi connectivity index (χ0) is 22.8. The van der Waals surface area contributed by atoms with Gasteiger partial charge in [-0.3, -0.25) is 4.79 Å². The maximum absolute atomic E-state index is 12.9. The van der Waals surface area contributed by atoms with Crippen molar-refractivity contribution < 1.29 is 14.1 Å². The van der Waals surface area contributed by atoms with Gasteiger partial charge in [-0.05, 0) is 51.0 Å². The summed E-state index contributed by atoms with van der Waals surface area (Å²) in [5.41, 5.74) is 3.79. The molecule has 1 aliphatic heterocycles. The van der Waals surface area contributed by atoms with E-state index in [-0.39, 0.29) is 11.9 Å². The number of fused-ring (bicyclic) bond motifs is 1. The molecule has 2 aromatic heterocycles. The van der Waals surface area contributed by atoms with E-state index in [0.29, 0.717) is 13.0 Å². The van der Waals surface area contributed by atoms with E-state index in [0.717, 1.165) is 65.6 Å². The summed E-state index contributed by atoms with van der Waals surface area (Å²) in [4.78, 5) is 19.7. The van der Waals surface area contributed by atoms with Crippen LogP contribution in [0.25, 0.3) is 11.0 Å². The van der Waals surface area contributed by atoms with Crippen LogP contribution >= 0.6 is 0 Å². The average Bonchev–Trinajstić information content (AvgIpc) is 3.38. The molecule has 0 atom stereocenters. The minimum atomic E-state index is 0.131. The van der Waals surface area contributed by atoms with E-state index in [2.05, 4.69) is 15.8 Å². The predicted molar refractivity (Wildman–Crippen MR) is 125 cm³/mol. The normalized spacial score (nSPS) is 14.7. The maximum Gasteiger partial charge on any atom is 0.227 e. The standard InChI is InChI=1S/C26H28N4O3/c1-18-22(19(2)33-28-18)16-26(31)29-14-12-20(13-15-29)30-24-11-7-6-10-23(24)27-25(30)17-32-21-8-4-3-5-9-21/h3-11,20H,12-17H2,1-2H3. The summed E-state index contributed by atoms with van der Waals surface area (Å²) in [6, 6.07) is 18.3. The van der Waals surface area contributed by atoms with E-state index in [1.54, 1.807) is 0 Å². The molecular weight excluding hydrogens is 416 g/mol. The molecule has 1 fully saturated rings. The van der Waals surface area contributed by atoms with Gasteiger partial charge in [0.15, 0.2) is 0 Å². The van der Waals surface area contributed by atoms with Crippen LogP contribution in [-0.4, -0.2) is 38.6 Å². The average molecular weight is 445 g/mol. The molecule has 170 valence electrons. The number of para-hydroxylation sites is 3. The summed E-state index contributed by atoms with van der Waals surface area (Å²) >= 11 is 0. The molecule has 2 aromatic carbocycles. The molecule has 1 aliphatic rings. The predicted octanol–water partition coefficient (Wildman–Crippen LogP) is 4.63. The molecule has 5 rings (SSSR count). The third-order valence-electron chi connectivity index (χ3n) is 6.47. The number of carbonyl (C=O) groups excluding carboxylic acids is 1. The molecule has 4 aromatic rings. The van der Waals surface area contributed by atoms with E-state index < -0.39 is 0 Å². The van der Waals surface area contributed by atoms with Gasteiger partial charge in [0.2, 0.25) is 5.91 Å². The molecule has 0 saturated carbocycles. The highest BCUT2D eigenvalue weighted by atomic mass is 16.5. The number of amides is 1. The Morgan fingerprint density at radius 3 is 2.52 bits per heavy atom. The number of carbonyl (C=O) groups is 1. The summed E-state index contributed by atoms with van der Waals surface area (Å²) in [6.07, 6.45) is 2.11. The minimum absolute atomic E-state index is 0.131. The van der Waals surface area contributed by atoms with Crippen molar-refractivity contribution in [1.29, 1.82) is 0 Å². The van der Waals surface area contributed by atoms with Crippen molar-refractivity contribution in [2.24, 2.45) is 0 Å². The molecule has 0 aliphatic carbocycles. The number of rotatable bonds is 6. The number of aryl methyl sites for hydroxylation is 2. The Bertz CT molecular complexity index is 1230. The minimum Gasteiger partial charge on any atom is -0.486 e. The van der Waals surface area contributed by atoms with Crippen molar-refractivity contribution >= 4 is 16.9 Å². The van der Waals surface area contributed by atoms with Crippen LogP contribution < -0.4 is 4.74 Å². The number of benzene rings is 2. The van der Waals surface area contributed by atoms with Gasteiger partial charge in [0.1, 0.15) is 23.9 Å². The van der Waals surface area contributed by atoms with Crippen LogP contribution in [0.1, 0.15) is 41.7 Å². The molecule has 0 radical (unpaired) electrons. The van der Waals surface area contributed by atoms with E-state index >= 15 is 0 Å². The van der Waals surface area contributed by atoms with E-state index in [1.807, 2.05) is 67.3 Å². The summed E-state index contributed by atoms with van der Waals surface area (Å²) in [5.74, 6) is 2.60. The molecule has 0 spiro atoms. The molecule has 1 saturated heterocycles. The van der Waals surface area contributed by atoms with Crippen molar-refractivity contribution in [3.05, 3.63) is 77.4 Å². The Balaban J connectivity index is 1.31. The number of ether oxygens (including phenoxy) is 1. The number of piperidine rings is 1. The van der Waals surface area contributed by atoms with Gasteiger partial charge in [-0.15, -0.1) is 0 Å². The first-order valence-corrected chi connectivity index (χ1v) is 11.4. The van der Waals surface area contributed by atoms with Crippen molar-refractivity contribution in [2.75, 3.05) is 13.1 Å². The van der Waals surface area contributed by atoms with Gasteiger partial charge in [-0.2, -0.15) is 0 Å². The quantitative estimate of drug-likeness (QED) is 0.434. The number of aromatic nitrogens is 3. The van der Waals surface area contributed by atoms with E-state index in [4.69, 9.17) is 14.2 Å². The summed E-state index contributed by atoms with van der Waals surface area (Å²) < 4.78 is 13.6. The number of imidazole rings is 1. The molecular formula is C26H28N4O3. The largest absolute Gasteiger partial charge is 0.486 e. The van der Waals surface area contributed by atoms with Crippen molar-refractivity contribution in [2.45, 2.75) is 45.8 Å². The summed E-state index contributed by atoms with van der Waals surface area (Å²) in [6.45, 7) is 5.59. The van der Waals surface area contributed by atoms with Gasteiger partial charge in [0, 0.05) is 24.7 Å². The highest BCUT2D eigenvalue weighted by molar-refractivity contribution is 5.79. The van der Waals surface area contributed by atoms with Crippen LogP contribution in [0.2, 0.25) is 0 Å². The van der Waals surface area contributed by atoms with Crippen LogP contribution in [0.5, 0.6) is 5.75 Å². The molecule has 33 heavy (non-hydrogen) atoms. The van der Waals surface area contributed by atoms with Gasteiger partial charge < -0.3 is 18.7 Å². The van der Waals surface area contributed by atoms with Crippen LogP contribution in [-0.2, 0) is 17.8 Å². The molecule has 7 nitrogen and oxygen atoms in total. The Hall–Kier alpha value is -3.61. The van der Waals surface area contributed by atoms with Crippen LogP contribution in [0.15, 0.2) is 59.1 Å². The topological polar surface area (TPSA) is 73.4 Å². The first kappa shape index (κ1) is 21.2. The number of hydrogen-bond acceptors (Lipinski definition) is 5. The van der Waals surface area contributed by atoms with Gasteiger partial charge in [0.25, 0.3) is 0 Å². The fourth-order valence-electron chi connectivity index (χ4n) is 4.66. The van der Waals surface area contributed by atoms with Crippen molar-refractivity contribution in [3.8, 4) is 5.75 Å². The molecule has 0 unspecified atom stereocenters. The lowest BCUT2D eigenvalue weighted by Crippen LogP contribution is -2.40. The number of nitrogens with zero attached hydrogens (tertiary/aromatic N) is 4. The second kappa shape index (κ2) is 9.10. The zero-order valence-electron chi connectivity index (χ0n) is 19.0. The molecule has 0 bridgehead atoms. The van der Waals surface area contributed by atoms with Crippen molar-refractivity contribution in [3.63, 3.8) is 0 Å². The summed E-state index contributed by atoms with van der Waals surface area (Å²) in [7, 11) is 0. The van der Waals surface area contributed by atoms with Gasteiger partial charge in [-0.25, -0.2) is 4.98 Å². The Kier molecular flexibility index (Phi) is 5.86. The maximum atomic E-state index is 12.9. The smallest absolute Gasteiger partial charge is 0.227 e. The highest BCUT2D eigenvalue weighted by Crippen LogP contribution is 2.30. The number of hydrogen-bond donors (Lipinski definition) is 0. The lowest BCUT2D eigenvalue weighted by Gasteiger charge is -2.33. The second-order valence-corrected chi connectivity index (χ2v) is 8.58. The third kappa shape index (κ3) is 4.35.